The van der Waals surface area contributed by atoms with Gasteiger partial charge < -0.3 is 10.1 Å². The van der Waals surface area contributed by atoms with Crippen LogP contribution in [0.15, 0.2) is 17.5 Å². The minimum Gasteiger partial charge on any atom is -0.496 e. The summed E-state index contributed by atoms with van der Waals surface area (Å²) in [6, 6.07) is 4.16. The van der Waals surface area contributed by atoms with Crippen molar-refractivity contribution in [3.8, 4) is 5.75 Å². The van der Waals surface area contributed by atoms with E-state index in [1.165, 1.54) is 0 Å². The number of rotatable bonds is 4. The Morgan fingerprint density at radius 2 is 2.06 bits per heavy atom. The summed E-state index contributed by atoms with van der Waals surface area (Å²) >= 11 is 1.68. The zero-order valence-corrected chi connectivity index (χ0v) is 12.0. The van der Waals surface area contributed by atoms with Gasteiger partial charge in [0, 0.05) is 16.6 Å². The highest BCUT2D eigenvalue weighted by atomic mass is 32.1. The molecule has 2 rings (SSSR count). The van der Waals surface area contributed by atoms with Gasteiger partial charge in [-0.15, -0.1) is 11.3 Å². The van der Waals surface area contributed by atoms with Crippen molar-refractivity contribution in [2.75, 3.05) is 12.4 Å². The Bertz CT molecular complexity index is 549. The molecule has 0 bridgehead atoms. The molecule has 4 heteroatoms. The standard InChI is InChI=1S/C14H18N2OS/c1-9-5-6-13(10(2)14(9)17-4)15-7-12-8-18-11(3)16-12/h5-6,8,15H,7H2,1-4H3. The Hall–Kier alpha value is -1.55. The predicted octanol–water partition coefficient (Wildman–Crippen LogP) is 3.69. The van der Waals surface area contributed by atoms with Crippen LogP contribution in [0.25, 0.3) is 0 Å². The number of benzene rings is 1. The summed E-state index contributed by atoms with van der Waals surface area (Å²) in [6.45, 7) is 6.89. The topological polar surface area (TPSA) is 34.1 Å². The number of thiazole rings is 1. The molecule has 96 valence electrons. The Morgan fingerprint density at radius 1 is 1.28 bits per heavy atom. The van der Waals surface area contributed by atoms with Crippen LogP contribution in [-0.4, -0.2) is 12.1 Å². The molecule has 1 N–H and O–H groups in total. The number of aryl methyl sites for hydroxylation is 2. The second kappa shape index (κ2) is 5.40. The van der Waals surface area contributed by atoms with Crippen molar-refractivity contribution < 1.29 is 4.74 Å². The second-order valence-electron chi connectivity index (χ2n) is 4.30. The molecule has 0 aliphatic rings. The molecule has 1 heterocycles. The Kier molecular flexibility index (Phi) is 3.87. The summed E-state index contributed by atoms with van der Waals surface area (Å²) in [6.07, 6.45) is 0. The van der Waals surface area contributed by atoms with Gasteiger partial charge in [0.25, 0.3) is 0 Å². The monoisotopic (exact) mass is 262 g/mol. The van der Waals surface area contributed by atoms with Gasteiger partial charge in [-0.05, 0) is 32.4 Å². The van der Waals surface area contributed by atoms with Crippen LogP contribution in [0.3, 0.4) is 0 Å². The van der Waals surface area contributed by atoms with E-state index in [1.54, 1.807) is 18.4 Å². The first-order valence-corrected chi connectivity index (χ1v) is 6.79. The summed E-state index contributed by atoms with van der Waals surface area (Å²) in [4.78, 5) is 4.44. The highest BCUT2D eigenvalue weighted by Gasteiger charge is 2.08. The normalized spacial score (nSPS) is 10.4. The SMILES string of the molecule is COc1c(C)ccc(NCc2csc(C)n2)c1C. The van der Waals surface area contributed by atoms with E-state index < -0.39 is 0 Å². The zero-order chi connectivity index (χ0) is 13.1. The lowest BCUT2D eigenvalue weighted by Crippen LogP contribution is -2.03. The number of anilines is 1. The number of nitrogens with zero attached hydrogens (tertiary/aromatic N) is 1. The van der Waals surface area contributed by atoms with Crippen LogP contribution in [0.4, 0.5) is 5.69 Å². The molecule has 0 radical (unpaired) electrons. The van der Waals surface area contributed by atoms with E-state index in [4.69, 9.17) is 4.74 Å². The smallest absolute Gasteiger partial charge is 0.126 e. The minimum atomic E-state index is 0.747. The number of aromatic nitrogens is 1. The third-order valence-corrected chi connectivity index (χ3v) is 3.76. The van der Waals surface area contributed by atoms with Crippen molar-refractivity contribution >= 4 is 17.0 Å². The van der Waals surface area contributed by atoms with Crippen molar-refractivity contribution in [2.24, 2.45) is 0 Å². The maximum Gasteiger partial charge on any atom is 0.126 e. The van der Waals surface area contributed by atoms with E-state index in [2.05, 4.69) is 41.7 Å². The molecule has 0 amide bonds. The van der Waals surface area contributed by atoms with Crippen LogP contribution in [0.2, 0.25) is 0 Å². The molecule has 2 aromatic rings. The molecule has 18 heavy (non-hydrogen) atoms. The fourth-order valence-corrected chi connectivity index (χ4v) is 2.62. The molecule has 0 aliphatic carbocycles. The van der Waals surface area contributed by atoms with Crippen LogP contribution >= 0.6 is 11.3 Å². The lowest BCUT2D eigenvalue weighted by atomic mass is 10.1. The van der Waals surface area contributed by atoms with Gasteiger partial charge in [-0.3, -0.25) is 0 Å². The summed E-state index contributed by atoms with van der Waals surface area (Å²) in [5, 5.41) is 6.60. The summed E-state index contributed by atoms with van der Waals surface area (Å²) in [5.41, 5.74) is 4.48. The summed E-state index contributed by atoms with van der Waals surface area (Å²) in [5.74, 6) is 0.953. The zero-order valence-electron chi connectivity index (χ0n) is 11.2. The van der Waals surface area contributed by atoms with Gasteiger partial charge in [-0.25, -0.2) is 4.98 Å². The lowest BCUT2D eigenvalue weighted by Gasteiger charge is -2.14. The molecule has 1 aromatic heterocycles. The highest BCUT2D eigenvalue weighted by molar-refractivity contribution is 7.09. The number of methoxy groups -OCH3 is 1. The fraction of sp³-hybridized carbons (Fsp3) is 0.357. The van der Waals surface area contributed by atoms with Crippen molar-refractivity contribution in [3.05, 3.63) is 39.3 Å². The van der Waals surface area contributed by atoms with Crippen LogP contribution in [-0.2, 0) is 6.54 Å². The molecule has 0 fully saturated rings. The summed E-state index contributed by atoms with van der Waals surface area (Å²) < 4.78 is 5.42. The van der Waals surface area contributed by atoms with E-state index in [9.17, 15) is 0 Å². The van der Waals surface area contributed by atoms with Gasteiger partial charge >= 0.3 is 0 Å². The first-order valence-electron chi connectivity index (χ1n) is 5.91. The van der Waals surface area contributed by atoms with E-state index in [0.717, 1.165) is 39.8 Å². The van der Waals surface area contributed by atoms with Crippen LogP contribution < -0.4 is 10.1 Å². The molecule has 0 atom stereocenters. The lowest BCUT2D eigenvalue weighted by molar-refractivity contribution is 0.409. The van der Waals surface area contributed by atoms with E-state index in [0.29, 0.717) is 0 Å². The Labute approximate surface area is 112 Å². The average molecular weight is 262 g/mol. The molecule has 0 unspecified atom stereocenters. The number of ether oxygens (including phenoxy) is 1. The van der Waals surface area contributed by atoms with Gasteiger partial charge in [0.2, 0.25) is 0 Å². The molecule has 3 nitrogen and oxygen atoms in total. The first kappa shape index (κ1) is 12.9. The maximum atomic E-state index is 5.42. The Balaban J connectivity index is 2.14. The summed E-state index contributed by atoms with van der Waals surface area (Å²) in [7, 11) is 1.71. The van der Waals surface area contributed by atoms with Gasteiger partial charge in [0.05, 0.1) is 24.4 Å². The second-order valence-corrected chi connectivity index (χ2v) is 5.36. The number of hydrogen-bond acceptors (Lipinski definition) is 4. The van der Waals surface area contributed by atoms with Gasteiger partial charge in [0.1, 0.15) is 5.75 Å². The minimum absolute atomic E-state index is 0.747. The fourth-order valence-electron chi connectivity index (χ4n) is 2.01. The molecule has 0 saturated heterocycles. The van der Waals surface area contributed by atoms with Gasteiger partial charge in [-0.1, -0.05) is 6.07 Å². The van der Waals surface area contributed by atoms with Crippen molar-refractivity contribution in [2.45, 2.75) is 27.3 Å². The van der Waals surface area contributed by atoms with Gasteiger partial charge in [-0.2, -0.15) is 0 Å². The van der Waals surface area contributed by atoms with Crippen LogP contribution in [0.1, 0.15) is 21.8 Å². The first-order chi connectivity index (χ1) is 8.61. The van der Waals surface area contributed by atoms with Crippen LogP contribution in [0, 0.1) is 20.8 Å². The van der Waals surface area contributed by atoms with E-state index in [1.807, 2.05) is 6.92 Å². The number of hydrogen-bond donors (Lipinski definition) is 1. The highest BCUT2D eigenvalue weighted by Crippen LogP contribution is 2.29. The quantitative estimate of drug-likeness (QED) is 0.912. The molecule has 0 saturated carbocycles. The maximum absolute atomic E-state index is 5.42. The Morgan fingerprint density at radius 3 is 2.67 bits per heavy atom. The van der Waals surface area contributed by atoms with Crippen molar-refractivity contribution in [3.63, 3.8) is 0 Å². The van der Waals surface area contributed by atoms with Crippen molar-refractivity contribution in [1.82, 2.24) is 4.98 Å². The third-order valence-electron chi connectivity index (χ3n) is 2.93. The molecular weight excluding hydrogens is 244 g/mol. The molecular formula is C14H18N2OS. The van der Waals surface area contributed by atoms with Gasteiger partial charge in [0.15, 0.2) is 0 Å². The van der Waals surface area contributed by atoms with Crippen LogP contribution in [0.5, 0.6) is 5.75 Å². The van der Waals surface area contributed by atoms with E-state index >= 15 is 0 Å². The number of nitrogens with one attached hydrogen (secondary N) is 1. The van der Waals surface area contributed by atoms with Crippen molar-refractivity contribution in [1.29, 1.82) is 0 Å². The predicted molar refractivity (Wildman–Crippen MR) is 76.6 cm³/mol. The molecule has 1 aromatic carbocycles. The molecule has 0 spiro atoms. The molecule has 0 aliphatic heterocycles. The average Bonchev–Trinajstić information content (AvgIpc) is 2.75. The van der Waals surface area contributed by atoms with E-state index in [-0.39, 0.29) is 0 Å². The third kappa shape index (κ3) is 2.64. The largest absolute Gasteiger partial charge is 0.496 e.